The first-order chi connectivity index (χ1) is 14.9. The number of carboxylic acid groups (broad SMARTS) is 1. The summed E-state index contributed by atoms with van der Waals surface area (Å²) in [5.41, 5.74) is 4.67. The molecule has 0 saturated carbocycles. The lowest BCUT2D eigenvalue weighted by Gasteiger charge is -2.16. The maximum Gasteiger partial charge on any atom is 0.407 e. The van der Waals surface area contributed by atoms with Gasteiger partial charge in [0, 0.05) is 18.9 Å². The molecule has 0 aliphatic heterocycles. The molecule has 0 fully saturated rings. The van der Waals surface area contributed by atoms with Crippen LogP contribution in [0.5, 0.6) is 0 Å². The largest absolute Gasteiger partial charge is 0.480 e. The van der Waals surface area contributed by atoms with Crippen LogP contribution in [0.25, 0.3) is 11.1 Å². The molecule has 1 aliphatic rings. The van der Waals surface area contributed by atoms with E-state index >= 15 is 0 Å². The van der Waals surface area contributed by atoms with Crippen molar-refractivity contribution in [3.8, 4) is 11.1 Å². The molecule has 2 amide bonds. The molecule has 0 bridgehead atoms. The highest BCUT2D eigenvalue weighted by Crippen LogP contribution is 2.44. The lowest BCUT2D eigenvalue weighted by atomic mass is 9.98. The first-order valence-corrected chi connectivity index (χ1v) is 10.5. The SMILES string of the molecule is CC(CCC(=O)N[C@H](C)C(=O)O)CNC(=O)OCC1c2ccccc2-c2ccccc21. The molecule has 0 spiro atoms. The van der Waals surface area contributed by atoms with Crippen LogP contribution < -0.4 is 10.6 Å². The van der Waals surface area contributed by atoms with E-state index in [9.17, 15) is 14.4 Å². The molecule has 0 aromatic heterocycles. The number of fused-ring (bicyclic) bond motifs is 3. The average molecular weight is 424 g/mol. The van der Waals surface area contributed by atoms with Crippen LogP contribution in [-0.2, 0) is 14.3 Å². The Hall–Kier alpha value is -3.35. The predicted molar refractivity (Wildman–Crippen MR) is 117 cm³/mol. The first kappa shape index (κ1) is 22.3. The van der Waals surface area contributed by atoms with Crippen LogP contribution in [0.1, 0.15) is 43.7 Å². The second-order valence-electron chi connectivity index (χ2n) is 7.98. The van der Waals surface area contributed by atoms with E-state index < -0.39 is 18.1 Å². The number of ether oxygens (including phenoxy) is 1. The fourth-order valence-corrected chi connectivity index (χ4v) is 3.76. The van der Waals surface area contributed by atoms with Crippen LogP contribution in [-0.4, -0.2) is 42.3 Å². The summed E-state index contributed by atoms with van der Waals surface area (Å²) in [6, 6.07) is 15.4. The van der Waals surface area contributed by atoms with Gasteiger partial charge in [-0.05, 0) is 41.5 Å². The van der Waals surface area contributed by atoms with Gasteiger partial charge in [0.15, 0.2) is 0 Å². The fraction of sp³-hybridized carbons (Fsp3) is 0.375. The van der Waals surface area contributed by atoms with Gasteiger partial charge in [-0.2, -0.15) is 0 Å². The summed E-state index contributed by atoms with van der Waals surface area (Å²) in [5, 5.41) is 14.0. The number of hydrogen-bond donors (Lipinski definition) is 3. The molecule has 0 heterocycles. The molecule has 0 saturated heterocycles. The summed E-state index contributed by atoms with van der Waals surface area (Å²) in [6.07, 6.45) is 0.241. The van der Waals surface area contributed by atoms with Crippen molar-refractivity contribution in [2.45, 2.75) is 38.6 Å². The van der Waals surface area contributed by atoms with E-state index in [-0.39, 0.29) is 30.8 Å². The second kappa shape index (κ2) is 10.1. The van der Waals surface area contributed by atoms with Gasteiger partial charge in [0.2, 0.25) is 5.91 Å². The lowest BCUT2D eigenvalue weighted by Crippen LogP contribution is -2.38. The second-order valence-corrected chi connectivity index (χ2v) is 7.98. The van der Waals surface area contributed by atoms with Crippen molar-refractivity contribution < 1.29 is 24.2 Å². The molecular weight excluding hydrogens is 396 g/mol. The maximum atomic E-state index is 12.2. The summed E-state index contributed by atoms with van der Waals surface area (Å²) in [5.74, 6) is -1.33. The Morgan fingerprint density at radius 3 is 2.16 bits per heavy atom. The van der Waals surface area contributed by atoms with Crippen LogP contribution in [0, 0.1) is 5.92 Å². The maximum absolute atomic E-state index is 12.2. The monoisotopic (exact) mass is 424 g/mol. The smallest absolute Gasteiger partial charge is 0.407 e. The van der Waals surface area contributed by atoms with Crippen LogP contribution in [0.2, 0.25) is 0 Å². The Kier molecular flexibility index (Phi) is 7.28. The number of carbonyl (C=O) groups excluding carboxylic acids is 2. The molecule has 3 N–H and O–H groups in total. The highest BCUT2D eigenvalue weighted by Gasteiger charge is 2.29. The zero-order chi connectivity index (χ0) is 22.4. The quantitative estimate of drug-likeness (QED) is 0.571. The van der Waals surface area contributed by atoms with Crippen molar-refractivity contribution in [3.63, 3.8) is 0 Å². The predicted octanol–water partition coefficient (Wildman–Crippen LogP) is 3.53. The third kappa shape index (κ3) is 5.63. The van der Waals surface area contributed by atoms with Gasteiger partial charge in [0.1, 0.15) is 12.6 Å². The van der Waals surface area contributed by atoms with Crippen molar-refractivity contribution in [1.82, 2.24) is 10.6 Å². The standard InChI is InChI=1S/C24H28N2O5/c1-15(11-12-22(27)26-16(2)23(28)29)13-25-24(30)31-14-21-19-9-5-3-7-17(19)18-8-4-6-10-20(18)21/h3-10,15-16,21H,11-14H2,1-2H3,(H,25,30)(H,26,27)(H,28,29)/t15?,16-/m1/s1. The molecule has 0 radical (unpaired) electrons. The molecule has 2 atom stereocenters. The first-order valence-electron chi connectivity index (χ1n) is 10.5. The molecule has 1 unspecified atom stereocenters. The van der Waals surface area contributed by atoms with Gasteiger partial charge in [-0.3, -0.25) is 9.59 Å². The molecule has 7 heteroatoms. The number of alkyl carbamates (subject to hydrolysis) is 1. The molecule has 31 heavy (non-hydrogen) atoms. The summed E-state index contributed by atoms with van der Waals surface area (Å²) in [4.78, 5) is 34.7. The van der Waals surface area contributed by atoms with E-state index in [1.165, 1.54) is 18.1 Å². The van der Waals surface area contributed by atoms with Gasteiger partial charge < -0.3 is 20.5 Å². The average Bonchev–Trinajstić information content (AvgIpc) is 3.08. The summed E-state index contributed by atoms with van der Waals surface area (Å²) in [6.45, 7) is 3.96. The summed E-state index contributed by atoms with van der Waals surface area (Å²) in [7, 11) is 0. The lowest BCUT2D eigenvalue weighted by molar-refractivity contribution is -0.141. The van der Waals surface area contributed by atoms with Gasteiger partial charge in [0.25, 0.3) is 0 Å². The van der Waals surface area contributed by atoms with E-state index in [1.807, 2.05) is 31.2 Å². The molecule has 164 valence electrons. The minimum absolute atomic E-state index is 0.00972. The Morgan fingerprint density at radius 1 is 1.00 bits per heavy atom. The fourth-order valence-electron chi connectivity index (χ4n) is 3.76. The number of aliphatic carboxylic acids is 1. The van der Waals surface area contributed by atoms with Crippen LogP contribution in [0.15, 0.2) is 48.5 Å². The van der Waals surface area contributed by atoms with Crippen molar-refractivity contribution in [3.05, 3.63) is 59.7 Å². The Bertz CT molecular complexity index is 913. The van der Waals surface area contributed by atoms with E-state index in [0.717, 1.165) is 11.1 Å². The van der Waals surface area contributed by atoms with Gasteiger partial charge in [0.05, 0.1) is 0 Å². The number of carboxylic acids is 1. The van der Waals surface area contributed by atoms with Crippen molar-refractivity contribution in [2.75, 3.05) is 13.2 Å². The molecular formula is C24H28N2O5. The van der Waals surface area contributed by atoms with Gasteiger partial charge in [-0.25, -0.2) is 4.79 Å². The number of carbonyl (C=O) groups is 3. The molecule has 2 aromatic rings. The highest BCUT2D eigenvalue weighted by molar-refractivity contribution is 5.83. The van der Waals surface area contributed by atoms with Crippen molar-refractivity contribution >= 4 is 18.0 Å². The summed E-state index contributed by atoms with van der Waals surface area (Å²) >= 11 is 0. The Labute approximate surface area is 181 Å². The molecule has 2 aromatic carbocycles. The third-order valence-corrected chi connectivity index (χ3v) is 5.55. The van der Waals surface area contributed by atoms with E-state index in [2.05, 4.69) is 34.9 Å². The number of hydrogen-bond acceptors (Lipinski definition) is 4. The molecule has 3 rings (SSSR count). The van der Waals surface area contributed by atoms with E-state index in [0.29, 0.717) is 13.0 Å². The third-order valence-electron chi connectivity index (χ3n) is 5.55. The molecule has 1 aliphatic carbocycles. The Morgan fingerprint density at radius 2 is 1.58 bits per heavy atom. The zero-order valence-corrected chi connectivity index (χ0v) is 17.8. The zero-order valence-electron chi connectivity index (χ0n) is 17.8. The van der Waals surface area contributed by atoms with Gasteiger partial charge in [-0.1, -0.05) is 55.5 Å². The normalized spacial score (nSPS) is 14.1. The number of amides is 2. The highest BCUT2D eigenvalue weighted by atomic mass is 16.5. The number of nitrogens with one attached hydrogen (secondary N) is 2. The minimum atomic E-state index is -1.07. The van der Waals surface area contributed by atoms with E-state index in [1.54, 1.807) is 0 Å². The van der Waals surface area contributed by atoms with Crippen molar-refractivity contribution in [1.29, 1.82) is 0 Å². The van der Waals surface area contributed by atoms with Crippen LogP contribution in [0.3, 0.4) is 0 Å². The Balaban J connectivity index is 1.44. The summed E-state index contributed by atoms with van der Waals surface area (Å²) < 4.78 is 5.50. The van der Waals surface area contributed by atoms with E-state index in [4.69, 9.17) is 9.84 Å². The van der Waals surface area contributed by atoms with Gasteiger partial charge >= 0.3 is 12.1 Å². The number of benzene rings is 2. The van der Waals surface area contributed by atoms with Crippen molar-refractivity contribution in [2.24, 2.45) is 5.92 Å². The number of rotatable bonds is 9. The van der Waals surface area contributed by atoms with Crippen LogP contribution >= 0.6 is 0 Å². The molecule has 7 nitrogen and oxygen atoms in total. The minimum Gasteiger partial charge on any atom is -0.480 e. The van der Waals surface area contributed by atoms with Crippen LogP contribution in [0.4, 0.5) is 4.79 Å². The topological polar surface area (TPSA) is 105 Å². The van der Waals surface area contributed by atoms with Gasteiger partial charge in [-0.15, -0.1) is 0 Å².